The molecule has 6 nitrogen and oxygen atoms in total. The maximum atomic E-state index is 12.4. The molecule has 0 aromatic heterocycles. The third-order valence-electron chi connectivity index (χ3n) is 3.47. The molecule has 2 amide bonds. The lowest BCUT2D eigenvalue weighted by Gasteiger charge is -2.11. The van der Waals surface area contributed by atoms with Gasteiger partial charge in [-0.1, -0.05) is 28.1 Å². The Bertz CT molecular complexity index is 957. The number of carbonyl (C=O) groups is 3. The molecule has 0 aliphatic carbocycles. The zero-order valence-electron chi connectivity index (χ0n) is 14.2. The first kappa shape index (κ1) is 19.2. The number of hydrogen-bond acceptors (Lipinski definition) is 6. The fourth-order valence-electron chi connectivity index (χ4n) is 2.31. The number of carbonyl (C=O) groups excluding carboxylic acids is 3. The normalized spacial score (nSPS) is 15.0. The van der Waals surface area contributed by atoms with Crippen LogP contribution in [0, 0.1) is 0 Å². The highest BCUT2D eigenvalue weighted by atomic mass is 79.9. The minimum atomic E-state index is -0.514. The molecule has 1 saturated heterocycles. The van der Waals surface area contributed by atoms with Gasteiger partial charge in [0, 0.05) is 4.47 Å². The van der Waals surface area contributed by atoms with Crippen LogP contribution in [0.15, 0.2) is 51.8 Å². The Labute approximate surface area is 168 Å². The highest BCUT2D eigenvalue weighted by Gasteiger charge is 2.25. The van der Waals surface area contributed by atoms with Gasteiger partial charge in [0.1, 0.15) is 0 Å². The Morgan fingerprint density at radius 2 is 2.00 bits per heavy atom. The van der Waals surface area contributed by atoms with Crippen molar-refractivity contribution in [3.05, 3.63) is 63.0 Å². The number of imide groups is 1. The second-order valence-corrected chi connectivity index (χ2v) is 7.32. The number of thioether (sulfide) groups is 1. The van der Waals surface area contributed by atoms with E-state index in [-0.39, 0.29) is 5.75 Å². The molecule has 8 heteroatoms. The lowest BCUT2D eigenvalue weighted by Crippen LogP contribution is -2.17. The predicted molar refractivity (Wildman–Crippen MR) is 106 cm³/mol. The third kappa shape index (κ3) is 4.78. The van der Waals surface area contributed by atoms with Crippen molar-refractivity contribution in [3.63, 3.8) is 0 Å². The van der Waals surface area contributed by atoms with E-state index in [4.69, 9.17) is 9.47 Å². The van der Waals surface area contributed by atoms with E-state index in [0.29, 0.717) is 28.4 Å². The summed E-state index contributed by atoms with van der Waals surface area (Å²) in [6.45, 7) is 2.18. The molecule has 3 rings (SSSR count). The Balaban J connectivity index is 1.85. The summed E-state index contributed by atoms with van der Waals surface area (Å²) in [5, 5.41) is 1.79. The van der Waals surface area contributed by atoms with Crippen molar-refractivity contribution in [3.8, 4) is 11.5 Å². The van der Waals surface area contributed by atoms with Crippen molar-refractivity contribution < 1.29 is 23.9 Å². The zero-order valence-corrected chi connectivity index (χ0v) is 16.6. The molecule has 1 N–H and O–H groups in total. The summed E-state index contributed by atoms with van der Waals surface area (Å²) in [5.41, 5.74) is 1.05. The average Bonchev–Trinajstić information content (AvgIpc) is 2.94. The fourth-order valence-corrected chi connectivity index (χ4v) is 3.40. The van der Waals surface area contributed by atoms with Crippen LogP contribution in [-0.4, -0.2) is 23.7 Å². The summed E-state index contributed by atoms with van der Waals surface area (Å²) in [6, 6.07) is 11.8. The molecule has 0 radical (unpaired) electrons. The van der Waals surface area contributed by atoms with Gasteiger partial charge in [-0.2, -0.15) is 0 Å². The molecule has 0 spiro atoms. The number of ether oxygens (including phenoxy) is 2. The van der Waals surface area contributed by atoms with Gasteiger partial charge in [-0.15, -0.1) is 0 Å². The van der Waals surface area contributed by atoms with Crippen molar-refractivity contribution in [1.82, 2.24) is 5.32 Å². The van der Waals surface area contributed by atoms with Crippen LogP contribution >= 0.6 is 27.7 Å². The standard InChI is InChI=1S/C19H14BrNO5S/c1-2-25-15-8-11(9-16-17(22)21-19(24)27-16)6-7-14(15)26-18(23)12-4-3-5-13(20)10-12/h3-10H,2H2,1H3,(H,21,22,24)/b16-9+. The van der Waals surface area contributed by atoms with Crippen molar-refractivity contribution in [2.75, 3.05) is 6.61 Å². The van der Waals surface area contributed by atoms with E-state index in [1.54, 1.807) is 42.5 Å². The van der Waals surface area contributed by atoms with Gasteiger partial charge in [0.15, 0.2) is 11.5 Å². The molecule has 1 aliphatic heterocycles. The second kappa shape index (κ2) is 8.41. The molecular weight excluding hydrogens is 434 g/mol. The van der Waals surface area contributed by atoms with Crippen LogP contribution in [0.5, 0.6) is 11.5 Å². The maximum absolute atomic E-state index is 12.4. The molecule has 0 bridgehead atoms. The van der Waals surface area contributed by atoms with Gasteiger partial charge in [-0.05, 0) is 60.7 Å². The van der Waals surface area contributed by atoms with Gasteiger partial charge in [-0.25, -0.2) is 4.79 Å². The van der Waals surface area contributed by atoms with Crippen molar-refractivity contribution in [2.24, 2.45) is 0 Å². The van der Waals surface area contributed by atoms with Gasteiger partial charge in [0.2, 0.25) is 0 Å². The molecule has 1 heterocycles. The number of hydrogen-bond donors (Lipinski definition) is 1. The first-order valence-corrected chi connectivity index (χ1v) is 9.56. The summed E-state index contributed by atoms with van der Waals surface area (Å²) in [7, 11) is 0. The molecule has 27 heavy (non-hydrogen) atoms. The average molecular weight is 448 g/mol. The number of amides is 2. The first-order valence-electron chi connectivity index (χ1n) is 7.95. The highest BCUT2D eigenvalue weighted by molar-refractivity contribution is 9.10. The van der Waals surface area contributed by atoms with Crippen molar-refractivity contribution in [2.45, 2.75) is 6.92 Å². The SMILES string of the molecule is CCOc1cc(/C=C2/SC(=O)NC2=O)ccc1OC(=O)c1cccc(Br)c1. The van der Waals surface area contributed by atoms with Crippen LogP contribution in [0.2, 0.25) is 0 Å². The number of nitrogens with one attached hydrogen (secondary N) is 1. The minimum absolute atomic E-state index is 0.267. The van der Waals surface area contributed by atoms with Crippen molar-refractivity contribution in [1.29, 1.82) is 0 Å². The first-order chi connectivity index (χ1) is 13.0. The van der Waals surface area contributed by atoms with Crippen LogP contribution in [0.25, 0.3) is 6.08 Å². The summed E-state index contributed by atoms with van der Waals surface area (Å²) < 4.78 is 11.8. The molecule has 0 atom stereocenters. The number of benzene rings is 2. The van der Waals surface area contributed by atoms with E-state index in [2.05, 4.69) is 21.2 Å². The smallest absolute Gasteiger partial charge is 0.343 e. The lowest BCUT2D eigenvalue weighted by molar-refractivity contribution is -0.115. The molecule has 0 saturated carbocycles. The molecule has 1 aliphatic rings. The van der Waals surface area contributed by atoms with Gasteiger partial charge in [-0.3, -0.25) is 14.9 Å². The minimum Gasteiger partial charge on any atom is -0.490 e. The Morgan fingerprint density at radius 1 is 1.19 bits per heavy atom. The largest absolute Gasteiger partial charge is 0.490 e. The predicted octanol–water partition coefficient (Wildman–Crippen LogP) is 4.39. The lowest BCUT2D eigenvalue weighted by atomic mass is 10.1. The molecule has 2 aromatic carbocycles. The monoisotopic (exact) mass is 447 g/mol. The van der Waals surface area contributed by atoms with Crippen LogP contribution in [-0.2, 0) is 4.79 Å². The van der Waals surface area contributed by atoms with E-state index in [1.165, 1.54) is 0 Å². The Morgan fingerprint density at radius 3 is 2.67 bits per heavy atom. The highest BCUT2D eigenvalue weighted by Crippen LogP contribution is 2.32. The van der Waals surface area contributed by atoms with Crippen LogP contribution < -0.4 is 14.8 Å². The Kier molecular flexibility index (Phi) is 5.98. The number of halogens is 1. The summed E-state index contributed by atoms with van der Waals surface area (Å²) in [6.07, 6.45) is 1.58. The molecule has 1 fully saturated rings. The van der Waals surface area contributed by atoms with Gasteiger partial charge in [0.25, 0.3) is 11.1 Å². The molecular formula is C19H14BrNO5S. The van der Waals surface area contributed by atoms with E-state index >= 15 is 0 Å². The molecule has 138 valence electrons. The van der Waals surface area contributed by atoms with E-state index in [1.807, 2.05) is 13.0 Å². The summed E-state index contributed by atoms with van der Waals surface area (Å²) in [5.74, 6) is -0.318. The molecule has 2 aromatic rings. The second-order valence-electron chi connectivity index (χ2n) is 5.39. The van der Waals surface area contributed by atoms with E-state index < -0.39 is 17.1 Å². The van der Waals surface area contributed by atoms with Gasteiger partial charge < -0.3 is 9.47 Å². The Hall–Kier alpha value is -2.58. The number of esters is 1. The number of rotatable bonds is 5. The topological polar surface area (TPSA) is 81.7 Å². The third-order valence-corrected chi connectivity index (χ3v) is 4.77. The van der Waals surface area contributed by atoms with Gasteiger partial charge in [0.05, 0.1) is 17.1 Å². The summed E-state index contributed by atoms with van der Waals surface area (Å²) in [4.78, 5) is 35.6. The van der Waals surface area contributed by atoms with Gasteiger partial charge >= 0.3 is 5.97 Å². The zero-order chi connectivity index (χ0) is 19.4. The van der Waals surface area contributed by atoms with Crippen LogP contribution in [0.4, 0.5) is 4.79 Å². The van der Waals surface area contributed by atoms with Crippen LogP contribution in [0.3, 0.4) is 0 Å². The maximum Gasteiger partial charge on any atom is 0.343 e. The van der Waals surface area contributed by atoms with Crippen molar-refractivity contribution >= 4 is 50.9 Å². The van der Waals surface area contributed by atoms with E-state index in [0.717, 1.165) is 16.2 Å². The molecule has 0 unspecified atom stereocenters. The summed E-state index contributed by atoms with van der Waals surface area (Å²) >= 11 is 4.15. The van der Waals surface area contributed by atoms with Crippen LogP contribution in [0.1, 0.15) is 22.8 Å². The fraction of sp³-hybridized carbons (Fsp3) is 0.105. The quantitative estimate of drug-likeness (QED) is 0.415. The van der Waals surface area contributed by atoms with E-state index in [9.17, 15) is 14.4 Å².